The molecule has 2 aliphatic rings. The van der Waals surface area contributed by atoms with Crippen molar-refractivity contribution in [3.63, 3.8) is 0 Å². The number of benzene rings is 2. The molecule has 3 aromatic rings. The van der Waals surface area contributed by atoms with E-state index in [9.17, 15) is 4.79 Å². The summed E-state index contributed by atoms with van der Waals surface area (Å²) in [5.74, 6) is 1.53. The van der Waals surface area contributed by atoms with Gasteiger partial charge in [-0.1, -0.05) is 30.3 Å². The van der Waals surface area contributed by atoms with E-state index in [2.05, 4.69) is 49.8 Å². The highest BCUT2D eigenvalue weighted by Crippen LogP contribution is 2.31. The maximum Gasteiger partial charge on any atom is 0.257 e. The number of hydrogen-bond acceptors (Lipinski definition) is 6. The Morgan fingerprint density at radius 1 is 1.09 bits per heavy atom. The quantitative estimate of drug-likeness (QED) is 0.327. The van der Waals surface area contributed by atoms with Gasteiger partial charge in [0.15, 0.2) is 0 Å². The molecule has 1 fully saturated rings. The number of nitrogens with zero attached hydrogens (tertiary/aromatic N) is 3. The topological polar surface area (TPSA) is 85.5 Å². The van der Waals surface area contributed by atoms with Crippen LogP contribution in [0.15, 0.2) is 60.8 Å². The number of piperazine rings is 1. The van der Waals surface area contributed by atoms with Crippen LogP contribution in [-0.4, -0.2) is 72.3 Å². The summed E-state index contributed by atoms with van der Waals surface area (Å²) in [6.07, 6.45) is 3.47. The minimum Gasteiger partial charge on any atom is -0.494 e. The highest BCUT2D eigenvalue weighted by Gasteiger charge is 2.23. The third-order valence-corrected chi connectivity index (χ3v) is 6.50. The second-order valence-electron chi connectivity index (χ2n) is 9.14. The first-order chi connectivity index (χ1) is 17.1. The molecule has 8 nitrogen and oxygen atoms in total. The standard InChI is InChI=1S/C27H32N6O2/c1-32-12-14-33(15-13-32)11-4-16-35-22-9-7-20(8-10-22)17-21-18-26(31-30-21)28-19-24-23-5-2-3-6-25(23)29-27(24)34/h2-3,5-10,18-19H,4,11-17H2,1H3,(H,29,34)(H2,28,30,31). The second-order valence-corrected chi connectivity index (χ2v) is 9.14. The van der Waals surface area contributed by atoms with Gasteiger partial charge in [-0.15, -0.1) is 0 Å². The second kappa shape index (κ2) is 10.8. The van der Waals surface area contributed by atoms with Gasteiger partial charge >= 0.3 is 0 Å². The Labute approximate surface area is 206 Å². The zero-order valence-electron chi connectivity index (χ0n) is 20.1. The molecular weight excluding hydrogens is 440 g/mol. The molecule has 0 spiro atoms. The number of nitrogens with one attached hydrogen (secondary N) is 3. The predicted molar refractivity (Wildman–Crippen MR) is 139 cm³/mol. The summed E-state index contributed by atoms with van der Waals surface area (Å²) in [6, 6.07) is 17.8. The summed E-state index contributed by atoms with van der Waals surface area (Å²) in [5.41, 5.74) is 4.42. The molecule has 3 N–H and O–H groups in total. The lowest BCUT2D eigenvalue weighted by molar-refractivity contribution is -0.110. The van der Waals surface area contributed by atoms with Crippen molar-refractivity contribution in [1.82, 2.24) is 20.0 Å². The summed E-state index contributed by atoms with van der Waals surface area (Å²) < 4.78 is 5.93. The van der Waals surface area contributed by atoms with Crippen molar-refractivity contribution in [2.75, 3.05) is 57.0 Å². The number of anilines is 2. The first-order valence-corrected chi connectivity index (χ1v) is 12.2. The van der Waals surface area contributed by atoms with E-state index in [1.54, 1.807) is 6.20 Å². The van der Waals surface area contributed by atoms with Crippen LogP contribution in [0, 0.1) is 0 Å². The average Bonchev–Trinajstić information content (AvgIpc) is 3.45. The first-order valence-electron chi connectivity index (χ1n) is 12.2. The molecule has 5 rings (SSSR count). The van der Waals surface area contributed by atoms with Crippen molar-refractivity contribution in [3.8, 4) is 5.75 Å². The summed E-state index contributed by atoms with van der Waals surface area (Å²) in [4.78, 5) is 17.1. The van der Waals surface area contributed by atoms with E-state index < -0.39 is 0 Å². The largest absolute Gasteiger partial charge is 0.494 e. The zero-order chi connectivity index (χ0) is 24.0. The Morgan fingerprint density at radius 2 is 1.89 bits per heavy atom. The lowest BCUT2D eigenvalue weighted by Crippen LogP contribution is -2.44. The van der Waals surface area contributed by atoms with Gasteiger partial charge in [0, 0.05) is 62.7 Å². The number of H-pyrrole nitrogens is 1. The summed E-state index contributed by atoms with van der Waals surface area (Å²) in [5, 5.41) is 13.4. The normalized spacial score (nSPS) is 17.4. The first kappa shape index (κ1) is 23.1. The Morgan fingerprint density at radius 3 is 2.71 bits per heavy atom. The number of likely N-dealkylation sites (N-methyl/N-ethyl adjacent to an activating group) is 1. The van der Waals surface area contributed by atoms with Crippen molar-refractivity contribution >= 4 is 23.0 Å². The van der Waals surface area contributed by atoms with Gasteiger partial charge in [0.1, 0.15) is 11.6 Å². The predicted octanol–water partition coefficient (Wildman–Crippen LogP) is 3.42. The number of carbonyl (C=O) groups is 1. The molecule has 2 aromatic carbocycles. The third-order valence-electron chi connectivity index (χ3n) is 6.50. The molecule has 0 atom stereocenters. The Bertz CT molecular complexity index is 1180. The number of carbonyl (C=O) groups excluding carboxylic acids is 1. The number of hydrogen-bond donors (Lipinski definition) is 3. The van der Waals surface area contributed by atoms with Crippen molar-refractivity contribution in [3.05, 3.63) is 77.6 Å². The van der Waals surface area contributed by atoms with E-state index in [1.807, 2.05) is 42.5 Å². The summed E-state index contributed by atoms with van der Waals surface area (Å²) >= 11 is 0. The van der Waals surface area contributed by atoms with Crippen LogP contribution in [0.25, 0.3) is 5.57 Å². The molecule has 0 unspecified atom stereocenters. The average molecular weight is 473 g/mol. The lowest BCUT2D eigenvalue weighted by atomic mass is 10.1. The summed E-state index contributed by atoms with van der Waals surface area (Å²) in [7, 11) is 2.18. The van der Waals surface area contributed by atoms with Crippen molar-refractivity contribution in [2.24, 2.45) is 0 Å². The molecule has 0 aliphatic carbocycles. The molecule has 1 aromatic heterocycles. The van der Waals surface area contributed by atoms with E-state index in [-0.39, 0.29) is 5.91 Å². The molecule has 1 amide bonds. The number of ether oxygens (including phenoxy) is 1. The van der Waals surface area contributed by atoms with Gasteiger partial charge in [-0.05, 0) is 37.2 Å². The van der Waals surface area contributed by atoms with E-state index >= 15 is 0 Å². The lowest BCUT2D eigenvalue weighted by Gasteiger charge is -2.32. The van der Waals surface area contributed by atoms with Gasteiger partial charge in [0.2, 0.25) is 0 Å². The van der Waals surface area contributed by atoms with Crippen molar-refractivity contribution in [2.45, 2.75) is 12.8 Å². The molecular formula is C27H32N6O2. The fourth-order valence-corrected chi connectivity index (χ4v) is 4.42. The van der Waals surface area contributed by atoms with Crippen LogP contribution in [0.2, 0.25) is 0 Å². The SMILES string of the molecule is CN1CCN(CCCOc2ccc(Cc3cc(NC=C4C(=O)Nc5ccccc54)[nH]n3)cc2)CC1. The molecule has 2 aliphatic heterocycles. The monoisotopic (exact) mass is 472 g/mol. The Balaban J connectivity index is 1.08. The minimum atomic E-state index is -0.111. The van der Waals surface area contributed by atoms with Gasteiger partial charge in [0.05, 0.1) is 17.9 Å². The van der Waals surface area contributed by atoms with E-state index in [0.717, 1.165) is 79.8 Å². The molecule has 0 saturated carbocycles. The van der Waals surface area contributed by atoms with Crippen LogP contribution < -0.4 is 15.4 Å². The van der Waals surface area contributed by atoms with Crippen LogP contribution in [0.4, 0.5) is 11.5 Å². The molecule has 8 heteroatoms. The van der Waals surface area contributed by atoms with Crippen molar-refractivity contribution in [1.29, 1.82) is 0 Å². The molecule has 35 heavy (non-hydrogen) atoms. The number of aromatic amines is 1. The molecule has 3 heterocycles. The zero-order valence-corrected chi connectivity index (χ0v) is 20.1. The van der Waals surface area contributed by atoms with Gasteiger partial charge in [-0.3, -0.25) is 9.89 Å². The molecule has 0 bridgehead atoms. The summed E-state index contributed by atoms with van der Waals surface area (Å²) in [6.45, 7) is 6.43. The van der Waals surface area contributed by atoms with Crippen LogP contribution in [0.3, 0.4) is 0 Å². The molecule has 182 valence electrons. The van der Waals surface area contributed by atoms with Gasteiger partial charge in [-0.2, -0.15) is 5.10 Å². The van der Waals surface area contributed by atoms with Gasteiger partial charge in [-0.25, -0.2) is 0 Å². The number of rotatable bonds is 9. The van der Waals surface area contributed by atoms with Crippen molar-refractivity contribution < 1.29 is 9.53 Å². The third kappa shape index (κ3) is 5.90. The van der Waals surface area contributed by atoms with Crippen LogP contribution in [0.5, 0.6) is 5.75 Å². The smallest absolute Gasteiger partial charge is 0.257 e. The number of para-hydroxylation sites is 1. The maximum atomic E-state index is 12.2. The van der Waals surface area contributed by atoms with E-state index in [4.69, 9.17) is 4.74 Å². The molecule has 1 saturated heterocycles. The van der Waals surface area contributed by atoms with Crippen LogP contribution in [-0.2, 0) is 11.2 Å². The molecule has 0 radical (unpaired) electrons. The van der Waals surface area contributed by atoms with Gasteiger partial charge in [0.25, 0.3) is 5.91 Å². The Kier molecular flexibility index (Phi) is 7.11. The number of amides is 1. The fraction of sp³-hybridized carbons (Fsp3) is 0.333. The van der Waals surface area contributed by atoms with Crippen LogP contribution in [0.1, 0.15) is 23.2 Å². The van der Waals surface area contributed by atoms with E-state index in [1.165, 1.54) is 0 Å². The van der Waals surface area contributed by atoms with Crippen LogP contribution >= 0.6 is 0 Å². The van der Waals surface area contributed by atoms with Gasteiger partial charge < -0.3 is 25.2 Å². The fourth-order valence-electron chi connectivity index (χ4n) is 4.42. The van der Waals surface area contributed by atoms with E-state index in [0.29, 0.717) is 12.0 Å². The highest BCUT2D eigenvalue weighted by atomic mass is 16.5. The number of aromatic nitrogens is 2. The maximum absolute atomic E-state index is 12.2. The highest BCUT2D eigenvalue weighted by molar-refractivity contribution is 6.31. The minimum absolute atomic E-state index is 0.111. The number of fused-ring (bicyclic) bond motifs is 1. The Hall–Kier alpha value is -3.62.